The summed E-state index contributed by atoms with van der Waals surface area (Å²) in [4.78, 5) is 12.3. The molecule has 0 aromatic heterocycles. The van der Waals surface area contributed by atoms with E-state index < -0.39 is 0 Å². The first-order valence-electron chi connectivity index (χ1n) is 14.9. The quantitative estimate of drug-likeness (QED) is 0.372. The number of rotatable bonds is 5. The van der Waals surface area contributed by atoms with Gasteiger partial charge in [0, 0.05) is 17.1 Å². The van der Waals surface area contributed by atoms with Crippen molar-refractivity contribution in [3.63, 3.8) is 0 Å². The van der Waals surface area contributed by atoms with E-state index >= 15 is 0 Å². The second-order valence-electron chi connectivity index (χ2n) is 13.7. The molecule has 0 saturated heterocycles. The van der Waals surface area contributed by atoms with Gasteiger partial charge in [0.2, 0.25) is 0 Å². The molecule has 7 rings (SSSR count). The summed E-state index contributed by atoms with van der Waals surface area (Å²) in [5.41, 5.74) is 9.56. The summed E-state index contributed by atoms with van der Waals surface area (Å²) in [6, 6.07) is 11.1. The van der Waals surface area contributed by atoms with Crippen molar-refractivity contribution in [2.45, 2.75) is 70.4 Å². The van der Waals surface area contributed by atoms with Crippen LogP contribution in [0, 0.1) is 64.6 Å². The molecule has 13 atom stereocenters. The first-order valence-corrected chi connectivity index (χ1v) is 14.9. The maximum absolute atomic E-state index is 12.3. The number of hydrogen-bond donors (Lipinski definition) is 2. The van der Waals surface area contributed by atoms with Gasteiger partial charge in [0.05, 0.1) is 6.04 Å². The molecule has 192 valence electrons. The van der Waals surface area contributed by atoms with Gasteiger partial charge in [0.15, 0.2) is 0 Å². The average Bonchev–Trinajstić information content (AvgIpc) is 3.12. The Morgan fingerprint density at radius 2 is 1.86 bits per heavy atom. The van der Waals surface area contributed by atoms with E-state index in [9.17, 15) is 4.79 Å². The Labute approximate surface area is 217 Å². The lowest BCUT2D eigenvalue weighted by Gasteiger charge is -2.38. The first kappa shape index (κ1) is 23.3. The van der Waals surface area contributed by atoms with Crippen molar-refractivity contribution >= 4 is 12.0 Å². The van der Waals surface area contributed by atoms with E-state index in [0.717, 1.165) is 42.3 Å². The van der Waals surface area contributed by atoms with Crippen LogP contribution in [0.3, 0.4) is 0 Å². The lowest BCUT2D eigenvalue weighted by Crippen LogP contribution is -2.43. The van der Waals surface area contributed by atoms with Crippen LogP contribution in [0.4, 0.5) is 5.69 Å². The molecule has 6 aliphatic carbocycles. The first-order chi connectivity index (χ1) is 17.5. The third-order valence-corrected chi connectivity index (χ3v) is 12.3. The third-order valence-electron chi connectivity index (χ3n) is 12.3. The highest BCUT2D eigenvalue weighted by Gasteiger charge is 2.73. The van der Waals surface area contributed by atoms with Crippen LogP contribution in [-0.2, 0) is 4.79 Å². The zero-order valence-corrected chi connectivity index (χ0v) is 21.9. The van der Waals surface area contributed by atoms with Crippen LogP contribution in [0.5, 0.6) is 0 Å². The van der Waals surface area contributed by atoms with Crippen LogP contribution >= 0.6 is 0 Å². The largest absolute Gasteiger partial charge is 0.382 e. The number of benzene rings is 1. The lowest BCUT2D eigenvalue weighted by molar-refractivity contribution is -0.111. The van der Waals surface area contributed by atoms with E-state index in [1.54, 1.807) is 0 Å². The van der Waals surface area contributed by atoms with E-state index in [1.165, 1.54) is 56.2 Å². The Morgan fingerprint density at radius 1 is 1.03 bits per heavy atom. The Hall–Kier alpha value is -1.87. The van der Waals surface area contributed by atoms with Gasteiger partial charge in [-0.15, -0.1) is 0 Å². The number of hydrogen-bond acceptors (Lipinski definition) is 3. The Morgan fingerprint density at radius 3 is 2.67 bits per heavy atom. The number of para-hydroxylation sites is 1. The zero-order valence-electron chi connectivity index (χ0n) is 21.9. The van der Waals surface area contributed by atoms with Crippen molar-refractivity contribution in [3.8, 4) is 0 Å². The number of nitrogens with two attached hydrogens (primary N) is 1. The van der Waals surface area contributed by atoms with Gasteiger partial charge in [-0.2, -0.15) is 0 Å². The van der Waals surface area contributed by atoms with Crippen LogP contribution in [0.2, 0.25) is 0 Å². The number of carbonyl (C=O) groups is 1. The van der Waals surface area contributed by atoms with Crippen LogP contribution in [0.25, 0.3) is 0 Å². The summed E-state index contributed by atoms with van der Waals surface area (Å²) in [5, 5.41) is 3.89. The third kappa shape index (κ3) is 3.30. The fraction of sp³-hybridized carbons (Fsp3) is 0.667. The minimum absolute atomic E-state index is 0.00368. The molecule has 0 radical (unpaired) electrons. The summed E-state index contributed by atoms with van der Waals surface area (Å²) >= 11 is 0. The predicted octanol–water partition coefficient (Wildman–Crippen LogP) is 6.48. The zero-order chi connectivity index (χ0) is 24.6. The molecule has 3 nitrogen and oxygen atoms in total. The predicted molar refractivity (Wildman–Crippen MR) is 146 cm³/mol. The van der Waals surface area contributed by atoms with Gasteiger partial charge in [-0.3, -0.25) is 0 Å². The van der Waals surface area contributed by atoms with Gasteiger partial charge in [-0.25, -0.2) is 0 Å². The normalized spacial score (nSPS) is 49.4. The van der Waals surface area contributed by atoms with Crippen LogP contribution < -0.4 is 11.1 Å². The van der Waals surface area contributed by atoms with Crippen molar-refractivity contribution in [2.75, 3.05) is 5.32 Å². The standard InChI is InChI=1S/C33H44N2O/c1-19-14-26-20(2)8-12-29-32(28(26)15-19)33(29,31(34)18-36)22-9-10-24-21(16-22)17-27-25(24)11-13-30(27)35-23-6-4-3-5-7-23/h3-7,9-10,18-19,21-22,24-32,35H,2,8,11-17,34H2,1H3/t19-,21+,22-,24-,25+,26-,27+,28+,29+,30-,31-,32+,33-/m1/s1. The highest BCUT2D eigenvalue weighted by atomic mass is 16.1. The average molecular weight is 485 g/mol. The van der Waals surface area contributed by atoms with Crippen molar-refractivity contribution in [1.29, 1.82) is 0 Å². The van der Waals surface area contributed by atoms with E-state index in [4.69, 9.17) is 5.73 Å². The fourth-order valence-corrected chi connectivity index (χ4v) is 11.0. The lowest BCUT2D eigenvalue weighted by atomic mass is 9.67. The number of fused-ring (bicyclic) bond motifs is 6. The van der Waals surface area contributed by atoms with Crippen molar-refractivity contribution in [2.24, 2.45) is 70.3 Å². The maximum atomic E-state index is 12.3. The summed E-state index contributed by atoms with van der Waals surface area (Å²) in [6.07, 6.45) is 16.4. The highest BCUT2D eigenvalue weighted by molar-refractivity contribution is 5.61. The Bertz CT molecular complexity index is 1050. The molecule has 36 heavy (non-hydrogen) atoms. The van der Waals surface area contributed by atoms with Gasteiger partial charge in [0.25, 0.3) is 0 Å². The van der Waals surface area contributed by atoms with Gasteiger partial charge in [-0.05, 0) is 123 Å². The molecule has 1 aromatic carbocycles. The van der Waals surface area contributed by atoms with Gasteiger partial charge in [-0.1, -0.05) is 49.4 Å². The summed E-state index contributed by atoms with van der Waals surface area (Å²) < 4.78 is 0. The minimum Gasteiger partial charge on any atom is -0.382 e. The molecule has 5 fully saturated rings. The fourth-order valence-electron chi connectivity index (χ4n) is 11.0. The van der Waals surface area contributed by atoms with E-state index in [2.05, 4.69) is 61.3 Å². The number of aldehydes is 1. The van der Waals surface area contributed by atoms with E-state index in [-0.39, 0.29) is 11.5 Å². The smallest absolute Gasteiger partial charge is 0.137 e. The molecule has 5 saturated carbocycles. The maximum Gasteiger partial charge on any atom is 0.137 e. The monoisotopic (exact) mass is 484 g/mol. The molecule has 3 N–H and O–H groups in total. The topological polar surface area (TPSA) is 55.1 Å². The number of allylic oxidation sites excluding steroid dienone is 3. The number of carbonyl (C=O) groups excluding carboxylic acids is 1. The highest BCUT2D eigenvalue weighted by Crippen LogP contribution is 2.76. The van der Waals surface area contributed by atoms with Crippen LogP contribution in [0.1, 0.15) is 58.3 Å². The van der Waals surface area contributed by atoms with Gasteiger partial charge < -0.3 is 15.8 Å². The molecule has 0 heterocycles. The van der Waals surface area contributed by atoms with Gasteiger partial charge >= 0.3 is 0 Å². The van der Waals surface area contributed by atoms with Crippen molar-refractivity contribution in [3.05, 3.63) is 54.6 Å². The summed E-state index contributed by atoms with van der Waals surface area (Å²) in [6.45, 7) is 6.94. The summed E-state index contributed by atoms with van der Waals surface area (Å²) in [5.74, 6) is 6.88. The van der Waals surface area contributed by atoms with Crippen LogP contribution in [-0.4, -0.2) is 18.4 Å². The SMILES string of the molecule is C=C1CC[C@H]2[C@H]([C@H]3C[C@H](C)C[C@H]13)[C@]2([C@H](N)C=O)[C@@H]1C=C[C@@H]2[C@H](C[C@H]3[C@H]2CC[C@H]3Nc2ccccc2)C1. The molecule has 0 aliphatic heterocycles. The number of nitrogens with one attached hydrogen (secondary N) is 1. The van der Waals surface area contributed by atoms with E-state index in [1.807, 2.05) is 0 Å². The number of anilines is 1. The van der Waals surface area contributed by atoms with Crippen molar-refractivity contribution < 1.29 is 4.79 Å². The molecule has 0 amide bonds. The molecular formula is C33H44N2O. The second kappa shape index (κ2) is 8.58. The minimum atomic E-state index is -0.324. The molecule has 0 spiro atoms. The van der Waals surface area contributed by atoms with Crippen LogP contribution in [0.15, 0.2) is 54.6 Å². The molecule has 1 aromatic rings. The van der Waals surface area contributed by atoms with Crippen molar-refractivity contribution in [1.82, 2.24) is 0 Å². The molecule has 0 bridgehead atoms. The molecular weight excluding hydrogens is 440 g/mol. The Kier molecular flexibility index (Phi) is 5.55. The van der Waals surface area contributed by atoms with E-state index in [0.29, 0.717) is 35.6 Å². The Balaban J connectivity index is 1.13. The second-order valence-corrected chi connectivity index (χ2v) is 13.7. The molecule has 0 unspecified atom stereocenters. The molecule has 3 heteroatoms. The van der Waals surface area contributed by atoms with Gasteiger partial charge in [0.1, 0.15) is 6.29 Å². The molecule has 6 aliphatic rings. The summed E-state index contributed by atoms with van der Waals surface area (Å²) in [7, 11) is 0.